The number of halogens is 3. The zero-order chi connectivity index (χ0) is 42.2. The van der Waals surface area contributed by atoms with Gasteiger partial charge in [-0.15, -0.1) is 0 Å². The van der Waals surface area contributed by atoms with Crippen molar-refractivity contribution in [2.75, 3.05) is 0 Å². The first-order valence-electron chi connectivity index (χ1n) is 17.3. The van der Waals surface area contributed by atoms with Gasteiger partial charge in [-0.2, -0.15) is 34.2 Å². The van der Waals surface area contributed by atoms with Gasteiger partial charge in [-0.3, -0.25) is 0 Å². The molecular formula is C48H19F3N8. The van der Waals surface area contributed by atoms with Crippen LogP contribution in [0.15, 0.2) is 97.1 Å². The van der Waals surface area contributed by atoms with Crippen molar-refractivity contribution >= 4 is 56.2 Å². The lowest BCUT2D eigenvalue weighted by atomic mass is 9.87. The molecule has 59 heavy (non-hydrogen) atoms. The molecule has 0 saturated heterocycles. The monoisotopic (exact) mass is 764 g/mol. The molecule has 7 rings (SSSR count). The summed E-state index contributed by atoms with van der Waals surface area (Å²) in [5.41, 5.74) is 3.51. The van der Waals surface area contributed by atoms with E-state index in [2.05, 4.69) is 31.5 Å². The highest BCUT2D eigenvalue weighted by atomic mass is 19.4. The fourth-order valence-corrected chi connectivity index (χ4v) is 7.34. The van der Waals surface area contributed by atoms with Gasteiger partial charge in [0.05, 0.1) is 66.3 Å². The Morgan fingerprint density at radius 2 is 1.14 bits per heavy atom. The summed E-state index contributed by atoms with van der Waals surface area (Å²) in [6.07, 6.45) is -4.67. The molecule has 0 atom stereocenters. The number of aryl methyl sites for hydroxylation is 1. The number of alkyl halides is 3. The van der Waals surface area contributed by atoms with Gasteiger partial charge in [0, 0.05) is 0 Å². The van der Waals surface area contributed by atoms with Crippen LogP contribution in [-0.2, 0) is 6.18 Å². The third-order valence-corrected chi connectivity index (χ3v) is 9.90. The Morgan fingerprint density at radius 3 is 1.64 bits per heavy atom. The fourth-order valence-electron chi connectivity index (χ4n) is 7.34. The van der Waals surface area contributed by atoms with E-state index >= 15 is 0 Å². The maximum atomic E-state index is 13.7. The zero-order valence-corrected chi connectivity index (χ0v) is 30.4. The summed E-state index contributed by atoms with van der Waals surface area (Å²) in [4.78, 5) is 14.8. The van der Waals surface area contributed by atoms with Gasteiger partial charge in [0.1, 0.15) is 12.1 Å². The van der Waals surface area contributed by atoms with Crippen LogP contribution in [0.3, 0.4) is 0 Å². The number of hydrogen-bond acceptors (Lipinski definition) is 4. The lowest BCUT2D eigenvalue weighted by Gasteiger charge is -2.16. The first kappa shape index (κ1) is 38.1. The number of nitrogens with zero attached hydrogens (tertiary/aromatic N) is 8. The standard InChI is InChI=1S/C48H19F3N8/c1-26-6-8-30(9-7-26)43-44(40(24-54)31-17-34(56-2)19-35(18-31)57-3)38-21-37-36(20-39(38)47(43)59-5)41(25-55)42(29-10-12-33(13-11-29)48(49,50)51)45(37)46(58-4)32-15-27(22-52)14-28(16-32)23-53/h6-21H,1H3/b44-40-,46-45+. The van der Waals surface area contributed by atoms with Crippen molar-refractivity contribution in [3.8, 4) is 24.3 Å². The summed E-state index contributed by atoms with van der Waals surface area (Å²) in [5, 5.41) is 41.4. The first-order chi connectivity index (χ1) is 28.4. The summed E-state index contributed by atoms with van der Waals surface area (Å²) in [6.45, 7) is 34.1. The number of fused-ring (bicyclic) bond motifs is 2. The molecular weight excluding hydrogens is 746 g/mol. The van der Waals surface area contributed by atoms with Crippen molar-refractivity contribution < 1.29 is 13.2 Å². The average molecular weight is 765 g/mol. The highest BCUT2D eigenvalue weighted by Crippen LogP contribution is 2.56. The van der Waals surface area contributed by atoms with E-state index < -0.39 is 11.7 Å². The minimum absolute atomic E-state index is 0.0127. The van der Waals surface area contributed by atoms with Crippen LogP contribution in [0, 0.1) is 78.5 Å². The predicted octanol–water partition coefficient (Wildman–Crippen LogP) is 12.3. The van der Waals surface area contributed by atoms with Crippen LogP contribution >= 0.6 is 0 Å². The molecule has 0 amide bonds. The van der Waals surface area contributed by atoms with Crippen molar-refractivity contribution in [2.45, 2.75) is 13.1 Å². The number of hydrogen-bond donors (Lipinski definition) is 0. The van der Waals surface area contributed by atoms with E-state index in [1.54, 1.807) is 24.3 Å². The van der Waals surface area contributed by atoms with E-state index in [9.17, 15) is 34.2 Å². The van der Waals surface area contributed by atoms with E-state index in [-0.39, 0.29) is 89.6 Å². The van der Waals surface area contributed by atoms with Crippen LogP contribution in [0.5, 0.6) is 0 Å². The highest BCUT2D eigenvalue weighted by Gasteiger charge is 2.38. The molecule has 0 unspecified atom stereocenters. The van der Waals surface area contributed by atoms with Gasteiger partial charge in [0.2, 0.25) is 11.4 Å². The average Bonchev–Trinajstić information content (AvgIpc) is 3.74. The second kappa shape index (κ2) is 14.8. The van der Waals surface area contributed by atoms with Gasteiger partial charge in [-0.25, -0.2) is 19.4 Å². The molecule has 5 aromatic rings. The maximum Gasteiger partial charge on any atom is 0.416 e. The summed E-state index contributed by atoms with van der Waals surface area (Å²) in [6, 6.07) is 31.5. The lowest BCUT2D eigenvalue weighted by Crippen LogP contribution is -2.04. The van der Waals surface area contributed by atoms with E-state index in [0.717, 1.165) is 17.7 Å². The third-order valence-electron chi connectivity index (χ3n) is 9.90. The van der Waals surface area contributed by atoms with Crippen molar-refractivity contribution in [1.82, 2.24) is 0 Å². The molecule has 272 valence electrons. The molecule has 2 aliphatic rings. The number of nitriles is 4. The van der Waals surface area contributed by atoms with Gasteiger partial charge in [-0.05, 0) is 110 Å². The molecule has 0 fully saturated rings. The molecule has 0 bridgehead atoms. The predicted molar refractivity (Wildman–Crippen MR) is 216 cm³/mol. The zero-order valence-electron chi connectivity index (χ0n) is 30.4. The van der Waals surface area contributed by atoms with Crippen LogP contribution in [0.1, 0.15) is 66.8 Å². The molecule has 11 heteroatoms. The Balaban J connectivity index is 1.66. The summed E-state index contributed by atoms with van der Waals surface area (Å²) in [7, 11) is 0. The van der Waals surface area contributed by atoms with Crippen LogP contribution in [0.2, 0.25) is 0 Å². The third kappa shape index (κ3) is 6.43. The number of benzene rings is 5. The molecule has 0 radical (unpaired) electrons. The number of rotatable bonds is 4. The summed E-state index contributed by atoms with van der Waals surface area (Å²) in [5.74, 6) is 0. The molecule has 0 saturated carbocycles. The minimum Gasteiger partial charge on any atom is -0.239 e. The molecule has 0 spiro atoms. The molecule has 0 N–H and O–H groups in total. The second-order valence-corrected chi connectivity index (χ2v) is 13.3. The summed E-state index contributed by atoms with van der Waals surface area (Å²) >= 11 is 0. The molecule has 8 nitrogen and oxygen atoms in total. The van der Waals surface area contributed by atoms with Gasteiger partial charge in [0.25, 0.3) is 0 Å². The Kier molecular flexibility index (Phi) is 9.54. The van der Waals surface area contributed by atoms with Crippen molar-refractivity contribution in [2.24, 2.45) is 0 Å². The number of allylic oxidation sites excluding steroid dienone is 6. The molecule has 5 aromatic carbocycles. The Labute approximate surface area is 336 Å². The van der Waals surface area contributed by atoms with E-state index in [1.165, 1.54) is 48.5 Å². The maximum absolute atomic E-state index is 13.7. The van der Waals surface area contributed by atoms with Gasteiger partial charge in [0.15, 0.2) is 11.4 Å². The molecule has 0 heterocycles. The van der Waals surface area contributed by atoms with Gasteiger partial charge >= 0.3 is 6.18 Å². The minimum atomic E-state index is -4.67. The Morgan fingerprint density at radius 1 is 0.576 bits per heavy atom. The molecule has 2 aliphatic carbocycles. The van der Waals surface area contributed by atoms with Crippen molar-refractivity contribution in [1.29, 1.82) is 21.0 Å². The topological polar surface area (TPSA) is 113 Å². The van der Waals surface area contributed by atoms with Crippen LogP contribution in [0.4, 0.5) is 24.5 Å². The smallest absolute Gasteiger partial charge is 0.239 e. The SMILES string of the molecule is [C-]#[N+]C1=C(c2ccc(C)cc2)/C(=C(/C#N)c2cc([N+]#[C-])cc([N+]#[C-])c2)c2cc3c(cc21)C(C#N)=C(c1ccc(C(F)(F)F)cc1)/C3=C(/[N+]#[C-])c1cc(C#N)cc(C#N)c1. The largest absolute Gasteiger partial charge is 0.416 e. The second-order valence-electron chi connectivity index (χ2n) is 13.3. The summed E-state index contributed by atoms with van der Waals surface area (Å²) < 4.78 is 41.2. The van der Waals surface area contributed by atoms with E-state index in [0.29, 0.717) is 22.3 Å². The van der Waals surface area contributed by atoms with E-state index in [4.69, 9.17) is 26.3 Å². The molecule has 0 aliphatic heterocycles. The van der Waals surface area contributed by atoms with Crippen LogP contribution in [-0.4, -0.2) is 0 Å². The fraction of sp³-hybridized carbons (Fsp3) is 0.0417. The lowest BCUT2D eigenvalue weighted by molar-refractivity contribution is -0.137. The molecule has 0 aromatic heterocycles. The first-order valence-corrected chi connectivity index (χ1v) is 17.3. The van der Waals surface area contributed by atoms with Crippen molar-refractivity contribution in [3.63, 3.8) is 0 Å². The van der Waals surface area contributed by atoms with Gasteiger partial charge < -0.3 is 0 Å². The van der Waals surface area contributed by atoms with E-state index in [1.807, 2.05) is 31.2 Å². The Bertz CT molecular complexity index is 3150. The quantitative estimate of drug-likeness (QED) is 0.134. The van der Waals surface area contributed by atoms with Crippen LogP contribution < -0.4 is 0 Å². The van der Waals surface area contributed by atoms with Crippen molar-refractivity contribution in [3.05, 3.63) is 209 Å². The highest BCUT2D eigenvalue weighted by molar-refractivity contribution is 6.33. The Hall–Kier alpha value is -9.23. The van der Waals surface area contributed by atoms with Crippen LogP contribution in [0.25, 0.3) is 64.2 Å². The normalized spacial score (nSPS) is 14.2. The van der Waals surface area contributed by atoms with Gasteiger partial charge in [-0.1, -0.05) is 66.2 Å².